The summed E-state index contributed by atoms with van der Waals surface area (Å²) in [6.07, 6.45) is 6.50. The summed E-state index contributed by atoms with van der Waals surface area (Å²) in [4.78, 5) is 28.5. The number of phenols is 1. The second-order valence-corrected chi connectivity index (χ2v) is 7.53. The van der Waals surface area contributed by atoms with Crippen LogP contribution in [0.3, 0.4) is 0 Å². The Morgan fingerprint density at radius 2 is 2.00 bits per heavy atom. The predicted octanol–water partition coefficient (Wildman–Crippen LogP) is 3.95. The lowest BCUT2D eigenvalue weighted by Gasteiger charge is -2.22. The summed E-state index contributed by atoms with van der Waals surface area (Å²) in [7, 11) is 1.30. The van der Waals surface area contributed by atoms with Gasteiger partial charge in [0.05, 0.1) is 29.2 Å². The number of ether oxygens (including phenoxy) is 1. The van der Waals surface area contributed by atoms with Crippen molar-refractivity contribution in [1.29, 1.82) is 0 Å². The summed E-state index contributed by atoms with van der Waals surface area (Å²) < 4.78 is 6.33. The lowest BCUT2D eigenvalue weighted by molar-refractivity contribution is -0.386. The van der Waals surface area contributed by atoms with Gasteiger partial charge in [0.25, 0.3) is 5.56 Å². The standard InChI is InChI=1S/C22H22N4O5/c1-31-19-12-14(11-18(20(19)27)26(29)30)13-23-25-21(15-7-3-2-4-8-15)24-17-10-6-5-9-16(17)22(25)28/h5-6,9-13,15,27H,2-4,7-8H2,1H3. The SMILES string of the molecule is COc1cc(C=Nn2c(C3CCCCC3)nc3ccccc3c2=O)cc([N+](=O)[O-])c1O. The Balaban J connectivity index is 1.85. The van der Waals surface area contributed by atoms with Gasteiger partial charge < -0.3 is 9.84 Å². The van der Waals surface area contributed by atoms with Gasteiger partial charge in [-0.05, 0) is 31.0 Å². The number of aromatic hydroxyl groups is 1. The molecule has 0 radical (unpaired) electrons. The number of nitrogens with zero attached hydrogens (tertiary/aromatic N) is 4. The first-order chi connectivity index (χ1) is 15.0. The maximum absolute atomic E-state index is 13.2. The van der Waals surface area contributed by atoms with Crippen LogP contribution in [-0.4, -0.2) is 33.0 Å². The highest BCUT2D eigenvalue weighted by atomic mass is 16.6. The molecule has 31 heavy (non-hydrogen) atoms. The van der Waals surface area contributed by atoms with Crippen molar-refractivity contribution in [3.05, 3.63) is 68.3 Å². The Morgan fingerprint density at radius 1 is 1.26 bits per heavy atom. The molecule has 0 saturated heterocycles. The van der Waals surface area contributed by atoms with Crippen LogP contribution in [0.5, 0.6) is 11.5 Å². The van der Waals surface area contributed by atoms with Crippen molar-refractivity contribution >= 4 is 22.8 Å². The molecule has 0 aliphatic heterocycles. The van der Waals surface area contributed by atoms with E-state index in [1.165, 1.54) is 30.1 Å². The Kier molecular flexibility index (Phi) is 5.66. The number of nitro benzene ring substituents is 1. The molecule has 2 aromatic carbocycles. The first-order valence-electron chi connectivity index (χ1n) is 10.1. The minimum Gasteiger partial charge on any atom is -0.500 e. The Bertz CT molecular complexity index is 1230. The maximum atomic E-state index is 13.2. The second kappa shape index (κ2) is 8.55. The summed E-state index contributed by atoms with van der Waals surface area (Å²) >= 11 is 0. The van der Waals surface area contributed by atoms with Gasteiger partial charge in [-0.2, -0.15) is 9.78 Å². The van der Waals surface area contributed by atoms with E-state index < -0.39 is 16.4 Å². The van der Waals surface area contributed by atoms with Crippen molar-refractivity contribution in [2.24, 2.45) is 5.10 Å². The first-order valence-corrected chi connectivity index (χ1v) is 10.1. The average Bonchev–Trinajstić information content (AvgIpc) is 2.79. The van der Waals surface area contributed by atoms with E-state index >= 15 is 0 Å². The molecule has 1 heterocycles. The number of phenolic OH excluding ortho intramolecular Hbond substituents is 1. The Morgan fingerprint density at radius 3 is 2.71 bits per heavy atom. The van der Waals surface area contributed by atoms with Crippen LogP contribution in [0, 0.1) is 10.1 Å². The van der Waals surface area contributed by atoms with Gasteiger partial charge >= 0.3 is 5.69 Å². The lowest BCUT2D eigenvalue weighted by Crippen LogP contribution is -2.25. The number of aromatic nitrogens is 2. The molecule has 160 valence electrons. The third-order valence-electron chi connectivity index (χ3n) is 5.57. The number of fused-ring (bicyclic) bond motifs is 1. The van der Waals surface area contributed by atoms with Gasteiger partial charge in [-0.3, -0.25) is 14.9 Å². The van der Waals surface area contributed by atoms with Gasteiger partial charge in [0.1, 0.15) is 5.82 Å². The quantitative estimate of drug-likeness (QED) is 0.378. The van der Waals surface area contributed by atoms with E-state index in [1.807, 2.05) is 12.1 Å². The minimum absolute atomic E-state index is 0.0489. The normalized spacial score (nSPS) is 14.9. The highest BCUT2D eigenvalue weighted by Crippen LogP contribution is 2.36. The molecule has 4 rings (SSSR count). The van der Waals surface area contributed by atoms with Crippen LogP contribution >= 0.6 is 0 Å². The van der Waals surface area contributed by atoms with Crippen LogP contribution in [0.15, 0.2) is 46.3 Å². The third-order valence-corrected chi connectivity index (χ3v) is 5.57. The molecule has 1 aliphatic carbocycles. The fraction of sp³-hybridized carbons (Fsp3) is 0.318. The summed E-state index contributed by atoms with van der Waals surface area (Å²) in [5, 5.41) is 26.0. The van der Waals surface area contributed by atoms with Crippen LogP contribution in [0.1, 0.15) is 49.4 Å². The summed E-state index contributed by atoms with van der Waals surface area (Å²) in [5.41, 5.74) is 0.150. The van der Waals surface area contributed by atoms with E-state index in [0.29, 0.717) is 22.3 Å². The lowest BCUT2D eigenvalue weighted by atomic mass is 9.88. The van der Waals surface area contributed by atoms with Gasteiger partial charge in [-0.1, -0.05) is 31.4 Å². The minimum atomic E-state index is -0.702. The van der Waals surface area contributed by atoms with Crippen molar-refractivity contribution in [2.45, 2.75) is 38.0 Å². The van der Waals surface area contributed by atoms with Crippen molar-refractivity contribution < 1.29 is 14.8 Å². The fourth-order valence-electron chi connectivity index (χ4n) is 3.99. The largest absolute Gasteiger partial charge is 0.500 e. The highest BCUT2D eigenvalue weighted by Gasteiger charge is 2.23. The predicted molar refractivity (Wildman–Crippen MR) is 116 cm³/mol. The molecule has 3 aromatic rings. The zero-order valence-electron chi connectivity index (χ0n) is 17.0. The molecule has 1 saturated carbocycles. The van der Waals surface area contributed by atoms with E-state index in [-0.39, 0.29) is 17.2 Å². The van der Waals surface area contributed by atoms with Crippen molar-refractivity contribution in [2.75, 3.05) is 7.11 Å². The van der Waals surface area contributed by atoms with E-state index in [4.69, 9.17) is 9.72 Å². The van der Waals surface area contributed by atoms with Crippen LogP contribution in [0.4, 0.5) is 5.69 Å². The summed E-state index contributed by atoms with van der Waals surface area (Å²) in [5.74, 6) is 0.107. The van der Waals surface area contributed by atoms with Crippen molar-refractivity contribution in [3.63, 3.8) is 0 Å². The van der Waals surface area contributed by atoms with E-state index in [0.717, 1.165) is 32.1 Å². The smallest absolute Gasteiger partial charge is 0.315 e. The van der Waals surface area contributed by atoms with Gasteiger partial charge in [0, 0.05) is 17.5 Å². The van der Waals surface area contributed by atoms with Crippen LogP contribution in [0.25, 0.3) is 10.9 Å². The molecule has 0 atom stereocenters. The third kappa shape index (κ3) is 3.98. The fourth-order valence-corrected chi connectivity index (χ4v) is 3.99. The number of hydrogen-bond donors (Lipinski definition) is 1. The molecule has 9 heteroatoms. The van der Waals surface area contributed by atoms with E-state index in [2.05, 4.69) is 5.10 Å². The molecule has 0 amide bonds. The monoisotopic (exact) mass is 422 g/mol. The molecule has 1 aromatic heterocycles. The maximum Gasteiger partial charge on any atom is 0.315 e. The Hall–Kier alpha value is -3.75. The topological polar surface area (TPSA) is 120 Å². The van der Waals surface area contributed by atoms with E-state index in [9.17, 15) is 20.0 Å². The molecule has 1 N–H and O–H groups in total. The number of hydrogen-bond acceptors (Lipinski definition) is 7. The highest BCUT2D eigenvalue weighted by molar-refractivity contribution is 5.83. The second-order valence-electron chi connectivity index (χ2n) is 7.53. The van der Waals surface area contributed by atoms with Crippen LogP contribution < -0.4 is 10.3 Å². The number of rotatable bonds is 5. The van der Waals surface area contributed by atoms with Crippen molar-refractivity contribution in [3.8, 4) is 11.5 Å². The molecular formula is C22H22N4O5. The number of methoxy groups -OCH3 is 1. The zero-order chi connectivity index (χ0) is 22.0. The Labute approximate surface area is 177 Å². The van der Waals surface area contributed by atoms with E-state index in [1.54, 1.807) is 12.1 Å². The molecule has 9 nitrogen and oxygen atoms in total. The molecule has 0 spiro atoms. The van der Waals surface area contributed by atoms with Gasteiger partial charge in [-0.15, -0.1) is 0 Å². The molecule has 1 aliphatic rings. The molecule has 0 bridgehead atoms. The van der Waals surface area contributed by atoms with Gasteiger partial charge in [0.2, 0.25) is 5.75 Å². The van der Waals surface area contributed by atoms with Gasteiger partial charge in [0.15, 0.2) is 5.75 Å². The summed E-state index contributed by atoms with van der Waals surface area (Å²) in [6, 6.07) is 9.73. The van der Waals surface area contributed by atoms with Crippen LogP contribution in [0.2, 0.25) is 0 Å². The van der Waals surface area contributed by atoms with Gasteiger partial charge in [-0.25, -0.2) is 4.98 Å². The van der Waals surface area contributed by atoms with Crippen molar-refractivity contribution in [1.82, 2.24) is 9.66 Å². The average molecular weight is 422 g/mol. The number of benzene rings is 2. The zero-order valence-corrected chi connectivity index (χ0v) is 17.0. The number of para-hydroxylation sites is 1. The molecular weight excluding hydrogens is 400 g/mol. The molecule has 1 fully saturated rings. The first kappa shape index (κ1) is 20.5. The molecule has 0 unspecified atom stereocenters. The summed E-state index contributed by atoms with van der Waals surface area (Å²) in [6.45, 7) is 0. The van der Waals surface area contributed by atoms with Crippen LogP contribution in [-0.2, 0) is 0 Å². The number of nitro groups is 1.